The molecule has 0 fully saturated rings. The summed E-state index contributed by atoms with van der Waals surface area (Å²) >= 11 is 0. The number of hydrogen-bond donors (Lipinski definition) is 2. The lowest BCUT2D eigenvalue weighted by molar-refractivity contribution is 0.147. The Labute approximate surface area is 67.7 Å². The molecule has 0 spiro atoms. The Morgan fingerprint density at radius 2 is 1.91 bits per heavy atom. The van der Waals surface area contributed by atoms with Crippen LogP contribution >= 0.6 is 0 Å². The van der Waals surface area contributed by atoms with E-state index in [1.165, 1.54) is 7.05 Å². The Bertz CT molecular complexity index is 198. The third kappa shape index (κ3) is 4.34. The summed E-state index contributed by atoms with van der Waals surface area (Å²) in [7, 11) is -1.93. The summed E-state index contributed by atoms with van der Waals surface area (Å²) in [6.07, 6.45) is -0.785. The molecule has 0 aromatic rings. The molecule has 4 nitrogen and oxygen atoms in total. The van der Waals surface area contributed by atoms with E-state index < -0.39 is 16.1 Å². The second-order valence-electron chi connectivity index (χ2n) is 2.80. The molecule has 0 saturated heterocycles. The first-order valence-electron chi connectivity index (χ1n) is 3.48. The maximum atomic E-state index is 10.8. The van der Waals surface area contributed by atoms with Gasteiger partial charge in [0.2, 0.25) is 10.0 Å². The van der Waals surface area contributed by atoms with E-state index in [0.29, 0.717) is 0 Å². The van der Waals surface area contributed by atoms with Crippen LogP contribution in [0.2, 0.25) is 0 Å². The van der Waals surface area contributed by atoms with Gasteiger partial charge >= 0.3 is 0 Å². The largest absolute Gasteiger partial charge is 0.392 e. The maximum Gasteiger partial charge on any atom is 0.213 e. The van der Waals surface area contributed by atoms with E-state index in [1.54, 1.807) is 13.8 Å². The Kier molecular flexibility index (Phi) is 3.99. The van der Waals surface area contributed by atoms with Gasteiger partial charge in [-0.15, -0.1) is 0 Å². The first kappa shape index (κ1) is 10.9. The molecule has 68 valence electrons. The molecule has 0 aliphatic heterocycles. The fraction of sp³-hybridized carbons (Fsp3) is 1.00. The standard InChI is InChI=1S/C6H15NO3S/c1-5(2)6(8)4-11(9,10)7-3/h5-8H,4H2,1-3H3. The van der Waals surface area contributed by atoms with E-state index in [0.717, 1.165) is 0 Å². The van der Waals surface area contributed by atoms with Crippen molar-refractivity contribution in [3.63, 3.8) is 0 Å². The average Bonchev–Trinajstić information content (AvgIpc) is 1.87. The summed E-state index contributed by atoms with van der Waals surface area (Å²) < 4.78 is 23.8. The van der Waals surface area contributed by atoms with Crippen LogP contribution in [0.3, 0.4) is 0 Å². The molecule has 0 saturated carbocycles. The molecule has 0 rings (SSSR count). The highest BCUT2D eigenvalue weighted by Gasteiger charge is 2.17. The highest BCUT2D eigenvalue weighted by molar-refractivity contribution is 7.89. The Morgan fingerprint density at radius 1 is 1.45 bits per heavy atom. The summed E-state index contributed by atoms with van der Waals surface area (Å²) in [4.78, 5) is 0. The average molecular weight is 181 g/mol. The predicted molar refractivity (Wildman–Crippen MR) is 43.7 cm³/mol. The van der Waals surface area contributed by atoms with Crippen LogP contribution in [0, 0.1) is 5.92 Å². The van der Waals surface area contributed by atoms with Gasteiger partial charge in [-0.2, -0.15) is 0 Å². The molecular formula is C6H15NO3S. The highest BCUT2D eigenvalue weighted by atomic mass is 32.2. The van der Waals surface area contributed by atoms with Gasteiger partial charge in [0.15, 0.2) is 0 Å². The van der Waals surface area contributed by atoms with Crippen molar-refractivity contribution in [2.45, 2.75) is 20.0 Å². The Morgan fingerprint density at radius 3 is 2.18 bits per heavy atom. The van der Waals surface area contributed by atoms with Gasteiger partial charge in [-0.3, -0.25) is 0 Å². The molecule has 1 unspecified atom stereocenters. The van der Waals surface area contributed by atoms with E-state index in [4.69, 9.17) is 0 Å². The number of aliphatic hydroxyl groups is 1. The number of aliphatic hydroxyl groups excluding tert-OH is 1. The smallest absolute Gasteiger partial charge is 0.213 e. The van der Waals surface area contributed by atoms with E-state index in [9.17, 15) is 13.5 Å². The molecule has 0 amide bonds. The topological polar surface area (TPSA) is 66.4 Å². The lowest BCUT2D eigenvalue weighted by atomic mass is 10.1. The molecule has 0 aliphatic rings. The van der Waals surface area contributed by atoms with Gasteiger partial charge < -0.3 is 5.11 Å². The van der Waals surface area contributed by atoms with E-state index in [1.807, 2.05) is 0 Å². The molecule has 0 aromatic carbocycles. The molecular weight excluding hydrogens is 166 g/mol. The monoisotopic (exact) mass is 181 g/mol. The van der Waals surface area contributed by atoms with Crippen molar-refractivity contribution in [2.75, 3.05) is 12.8 Å². The number of hydrogen-bond acceptors (Lipinski definition) is 3. The van der Waals surface area contributed by atoms with Crippen LogP contribution in [0.25, 0.3) is 0 Å². The number of rotatable bonds is 4. The molecule has 2 N–H and O–H groups in total. The van der Waals surface area contributed by atoms with Gasteiger partial charge in [0.05, 0.1) is 11.9 Å². The predicted octanol–water partition coefficient (Wildman–Crippen LogP) is -0.448. The van der Waals surface area contributed by atoms with Gasteiger partial charge in [-0.25, -0.2) is 13.1 Å². The fourth-order valence-electron chi connectivity index (χ4n) is 0.501. The third-order valence-electron chi connectivity index (χ3n) is 1.47. The fourth-order valence-corrected chi connectivity index (χ4v) is 1.50. The van der Waals surface area contributed by atoms with Crippen molar-refractivity contribution in [3.05, 3.63) is 0 Å². The summed E-state index contributed by atoms with van der Waals surface area (Å²) in [5, 5.41) is 9.17. The molecule has 0 radical (unpaired) electrons. The SMILES string of the molecule is CNS(=O)(=O)CC(O)C(C)C. The van der Waals surface area contributed by atoms with Gasteiger partial charge in [-0.1, -0.05) is 13.8 Å². The second-order valence-corrected chi connectivity index (χ2v) is 4.77. The van der Waals surface area contributed by atoms with E-state index in [-0.39, 0.29) is 11.7 Å². The van der Waals surface area contributed by atoms with Crippen LogP contribution in [-0.2, 0) is 10.0 Å². The zero-order chi connectivity index (χ0) is 9.07. The molecule has 11 heavy (non-hydrogen) atoms. The van der Waals surface area contributed by atoms with Crippen LogP contribution < -0.4 is 4.72 Å². The maximum absolute atomic E-state index is 10.8. The quantitative estimate of drug-likeness (QED) is 0.617. The minimum Gasteiger partial charge on any atom is -0.392 e. The normalized spacial score (nSPS) is 15.4. The van der Waals surface area contributed by atoms with Crippen molar-refractivity contribution >= 4 is 10.0 Å². The summed E-state index contributed by atoms with van der Waals surface area (Å²) in [5.41, 5.74) is 0. The Hall–Kier alpha value is -0.130. The van der Waals surface area contributed by atoms with Gasteiger partial charge in [0.25, 0.3) is 0 Å². The van der Waals surface area contributed by atoms with Crippen molar-refractivity contribution in [3.8, 4) is 0 Å². The van der Waals surface area contributed by atoms with Crippen LogP contribution in [0.15, 0.2) is 0 Å². The first-order valence-corrected chi connectivity index (χ1v) is 5.13. The van der Waals surface area contributed by atoms with Gasteiger partial charge in [-0.05, 0) is 13.0 Å². The van der Waals surface area contributed by atoms with Crippen molar-refractivity contribution in [1.82, 2.24) is 4.72 Å². The first-order chi connectivity index (χ1) is 4.89. The van der Waals surface area contributed by atoms with Crippen molar-refractivity contribution < 1.29 is 13.5 Å². The van der Waals surface area contributed by atoms with Gasteiger partial charge in [0.1, 0.15) is 0 Å². The number of nitrogens with one attached hydrogen (secondary N) is 1. The van der Waals surface area contributed by atoms with E-state index in [2.05, 4.69) is 4.72 Å². The molecule has 5 heteroatoms. The van der Waals surface area contributed by atoms with Crippen LogP contribution in [0.1, 0.15) is 13.8 Å². The minimum atomic E-state index is -3.26. The molecule has 0 heterocycles. The molecule has 0 bridgehead atoms. The highest BCUT2D eigenvalue weighted by Crippen LogP contribution is 2.02. The summed E-state index contributed by atoms with van der Waals surface area (Å²) in [6.45, 7) is 3.55. The summed E-state index contributed by atoms with van der Waals surface area (Å²) in [6, 6.07) is 0. The molecule has 0 aliphatic carbocycles. The minimum absolute atomic E-state index is 0.0295. The Balaban J connectivity index is 4.05. The lowest BCUT2D eigenvalue weighted by Crippen LogP contribution is -2.32. The zero-order valence-corrected chi connectivity index (χ0v) is 7.85. The van der Waals surface area contributed by atoms with Crippen LogP contribution in [-0.4, -0.2) is 32.4 Å². The zero-order valence-electron chi connectivity index (χ0n) is 7.03. The third-order valence-corrected chi connectivity index (χ3v) is 2.87. The van der Waals surface area contributed by atoms with Crippen LogP contribution in [0.4, 0.5) is 0 Å². The van der Waals surface area contributed by atoms with E-state index >= 15 is 0 Å². The number of sulfonamides is 1. The lowest BCUT2D eigenvalue weighted by Gasteiger charge is -2.13. The summed E-state index contributed by atoms with van der Waals surface area (Å²) in [5.74, 6) is -0.251. The van der Waals surface area contributed by atoms with Crippen molar-refractivity contribution in [1.29, 1.82) is 0 Å². The second kappa shape index (κ2) is 4.04. The molecule has 1 atom stereocenters. The molecule has 0 aromatic heterocycles. The van der Waals surface area contributed by atoms with Crippen LogP contribution in [0.5, 0.6) is 0 Å². The van der Waals surface area contributed by atoms with Gasteiger partial charge in [0, 0.05) is 0 Å². The van der Waals surface area contributed by atoms with Crippen molar-refractivity contribution in [2.24, 2.45) is 5.92 Å².